The van der Waals surface area contributed by atoms with Gasteiger partial charge in [-0.2, -0.15) is 0 Å². The molecule has 1 aromatic heterocycles. The van der Waals surface area contributed by atoms with Crippen LogP contribution in [-0.2, 0) is 16.1 Å². The first-order chi connectivity index (χ1) is 14.9. The van der Waals surface area contributed by atoms with Crippen LogP contribution in [0.3, 0.4) is 0 Å². The number of hydrogen-bond donors (Lipinski definition) is 2. The molecule has 6 heteroatoms. The first kappa shape index (κ1) is 19.2. The van der Waals surface area contributed by atoms with Crippen LogP contribution in [0.15, 0.2) is 60.8 Å². The number of nitrogens with one attached hydrogen (secondary N) is 2. The molecule has 154 valence electrons. The van der Waals surface area contributed by atoms with E-state index in [4.69, 9.17) is 0 Å². The van der Waals surface area contributed by atoms with Gasteiger partial charge in [0.15, 0.2) is 0 Å². The van der Waals surface area contributed by atoms with E-state index in [-0.39, 0.29) is 16.7 Å². The molecular weight excluding hydrogens is 393 g/mol. The van der Waals surface area contributed by atoms with Crippen molar-refractivity contribution in [3.63, 3.8) is 0 Å². The van der Waals surface area contributed by atoms with Crippen molar-refractivity contribution in [2.75, 3.05) is 14.1 Å². The molecule has 31 heavy (non-hydrogen) atoms. The summed E-state index contributed by atoms with van der Waals surface area (Å²) >= 11 is 0. The number of halogens is 1. The van der Waals surface area contributed by atoms with Gasteiger partial charge >= 0.3 is 0 Å². The van der Waals surface area contributed by atoms with Crippen molar-refractivity contribution in [2.45, 2.75) is 6.54 Å². The maximum atomic E-state index is 15.3. The fraction of sp³-hybridized carbons (Fsp3) is 0.120. The average Bonchev–Trinajstić information content (AvgIpc) is 3.27. The highest BCUT2D eigenvalue weighted by molar-refractivity contribution is 6.50. The van der Waals surface area contributed by atoms with E-state index in [1.165, 1.54) is 6.07 Å². The number of carbonyl (C=O) groups is 2. The van der Waals surface area contributed by atoms with Gasteiger partial charge in [-0.1, -0.05) is 36.4 Å². The van der Waals surface area contributed by atoms with Crippen molar-refractivity contribution < 1.29 is 14.0 Å². The summed E-state index contributed by atoms with van der Waals surface area (Å²) < 4.78 is 15.3. The molecule has 0 bridgehead atoms. The minimum atomic E-state index is -0.588. The molecule has 0 saturated heterocycles. The zero-order valence-corrected chi connectivity index (χ0v) is 17.1. The number of nitrogens with zero attached hydrogens (tertiary/aromatic N) is 1. The number of rotatable bonds is 4. The van der Waals surface area contributed by atoms with Crippen LogP contribution >= 0.6 is 0 Å². The van der Waals surface area contributed by atoms with Crippen molar-refractivity contribution in [2.24, 2.45) is 0 Å². The first-order valence-corrected chi connectivity index (χ1v) is 9.96. The number of benzene rings is 3. The molecule has 0 atom stereocenters. The van der Waals surface area contributed by atoms with Crippen LogP contribution in [0.1, 0.15) is 16.7 Å². The summed E-state index contributed by atoms with van der Waals surface area (Å²) in [6.45, 7) is 0.672. The monoisotopic (exact) mass is 413 g/mol. The lowest BCUT2D eigenvalue weighted by atomic mass is 9.91. The van der Waals surface area contributed by atoms with E-state index in [2.05, 4.69) is 10.3 Å². The Morgan fingerprint density at radius 3 is 2.45 bits per heavy atom. The van der Waals surface area contributed by atoms with E-state index in [1.54, 1.807) is 12.3 Å². The standard InChI is InChI=1S/C25H20FN3O2/c1-29(2)13-14-7-8-15-9-10-19(26)21(17(15)11-14)23-22(24(30)28-25(23)31)18-12-27-20-6-4-3-5-16(18)20/h3-12,27H,13H2,1-2H3,(H,28,30,31). The van der Waals surface area contributed by atoms with Gasteiger partial charge in [0, 0.05) is 34.8 Å². The van der Waals surface area contributed by atoms with Gasteiger partial charge in [-0.05, 0) is 48.6 Å². The third-order valence-corrected chi connectivity index (χ3v) is 5.57. The van der Waals surface area contributed by atoms with Crippen LogP contribution in [-0.4, -0.2) is 35.8 Å². The lowest BCUT2D eigenvalue weighted by molar-refractivity contribution is -0.122. The number of para-hydroxylation sites is 1. The molecule has 0 aliphatic carbocycles. The van der Waals surface area contributed by atoms with Crippen molar-refractivity contribution in [1.29, 1.82) is 0 Å². The third kappa shape index (κ3) is 3.12. The highest BCUT2D eigenvalue weighted by Gasteiger charge is 2.35. The van der Waals surface area contributed by atoms with Gasteiger partial charge in [-0.3, -0.25) is 14.9 Å². The molecule has 1 aliphatic rings. The molecular formula is C25H20FN3O2. The van der Waals surface area contributed by atoms with E-state index in [0.29, 0.717) is 17.5 Å². The highest BCUT2D eigenvalue weighted by atomic mass is 19.1. The summed E-state index contributed by atoms with van der Waals surface area (Å²) in [5, 5.41) is 4.58. The van der Waals surface area contributed by atoms with Crippen LogP contribution in [0.4, 0.5) is 4.39 Å². The second-order valence-corrected chi connectivity index (χ2v) is 8.00. The van der Waals surface area contributed by atoms with Gasteiger partial charge in [0.1, 0.15) is 5.82 Å². The Morgan fingerprint density at radius 1 is 0.903 bits per heavy atom. The van der Waals surface area contributed by atoms with E-state index in [9.17, 15) is 9.59 Å². The fourth-order valence-electron chi connectivity index (χ4n) is 4.29. The second-order valence-electron chi connectivity index (χ2n) is 8.00. The normalized spacial score (nSPS) is 14.3. The van der Waals surface area contributed by atoms with Gasteiger partial charge in [-0.25, -0.2) is 4.39 Å². The zero-order chi connectivity index (χ0) is 21.7. The van der Waals surface area contributed by atoms with Gasteiger partial charge < -0.3 is 9.88 Å². The first-order valence-electron chi connectivity index (χ1n) is 9.96. The van der Waals surface area contributed by atoms with Gasteiger partial charge in [0.25, 0.3) is 11.8 Å². The Labute approximate surface area is 178 Å². The molecule has 0 saturated carbocycles. The van der Waals surface area contributed by atoms with Crippen LogP contribution in [0.5, 0.6) is 0 Å². The van der Waals surface area contributed by atoms with Gasteiger partial charge in [0.05, 0.1) is 11.1 Å². The number of carbonyl (C=O) groups excluding carboxylic acids is 2. The Kier molecular flexibility index (Phi) is 4.45. The minimum Gasteiger partial charge on any atom is -0.361 e. The molecule has 5 nitrogen and oxygen atoms in total. The Balaban J connectivity index is 1.83. The predicted octanol–water partition coefficient (Wildman–Crippen LogP) is 4.09. The molecule has 3 aromatic carbocycles. The number of aromatic amines is 1. The van der Waals surface area contributed by atoms with Crippen LogP contribution < -0.4 is 5.32 Å². The maximum absolute atomic E-state index is 15.3. The minimum absolute atomic E-state index is 0.0693. The number of aromatic nitrogens is 1. The van der Waals surface area contributed by atoms with E-state index < -0.39 is 17.6 Å². The summed E-state index contributed by atoms with van der Waals surface area (Å²) in [7, 11) is 3.91. The SMILES string of the molecule is CN(C)Cc1ccc2ccc(F)c(C3=C(c4c[nH]c5ccccc45)C(=O)NC3=O)c2c1. The number of fused-ring (bicyclic) bond motifs is 2. The zero-order valence-electron chi connectivity index (χ0n) is 17.1. The molecule has 0 spiro atoms. The summed E-state index contributed by atoms with van der Waals surface area (Å²) in [6, 6.07) is 16.3. The molecule has 0 unspecified atom stereocenters. The molecule has 0 radical (unpaired) electrons. The predicted molar refractivity (Wildman–Crippen MR) is 120 cm³/mol. The number of amides is 2. The second kappa shape index (κ2) is 7.18. The Hall–Kier alpha value is -3.77. The molecule has 2 heterocycles. The molecule has 0 fully saturated rings. The smallest absolute Gasteiger partial charge is 0.259 e. The topological polar surface area (TPSA) is 65.2 Å². The lowest BCUT2D eigenvalue weighted by Crippen LogP contribution is -2.23. The molecule has 2 N–H and O–H groups in total. The van der Waals surface area contributed by atoms with Gasteiger partial charge in [0.2, 0.25) is 0 Å². The number of hydrogen-bond acceptors (Lipinski definition) is 3. The van der Waals surface area contributed by atoms with Gasteiger partial charge in [-0.15, -0.1) is 0 Å². The van der Waals surface area contributed by atoms with Crippen molar-refractivity contribution in [3.05, 3.63) is 83.3 Å². The fourth-order valence-corrected chi connectivity index (χ4v) is 4.29. The van der Waals surface area contributed by atoms with Crippen LogP contribution in [0.2, 0.25) is 0 Å². The van der Waals surface area contributed by atoms with E-state index >= 15 is 4.39 Å². The lowest BCUT2D eigenvalue weighted by Gasteiger charge is -2.13. The highest BCUT2D eigenvalue weighted by Crippen LogP contribution is 2.38. The van der Waals surface area contributed by atoms with Crippen LogP contribution in [0, 0.1) is 5.82 Å². The summed E-state index contributed by atoms with van der Waals surface area (Å²) in [6.07, 6.45) is 1.69. The summed E-state index contributed by atoms with van der Waals surface area (Å²) in [5.41, 5.74) is 2.81. The Morgan fingerprint density at radius 2 is 1.65 bits per heavy atom. The van der Waals surface area contributed by atoms with Crippen molar-refractivity contribution in [1.82, 2.24) is 15.2 Å². The molecule has 4 aromatic rings. The van der Waals surface area contributed by atoms with E-state index in [0.717, 1.165) is 21.9 Å². The third-order valence-electron chi connectivity index (χ3n) is 5.57. The summed E-state index contributed by atoms with van der Waals surface area (Å²) in [5.74, 6) is -1.65. The average molecular weight is 413 g/mol. The number of imide groups is 1. The quantitative estimate of drug-likeness (QED) is 0.496. The summed E-state index contributed by atoms with van der Waals surface area (Å²) in [4.78, 5) is 30.9. The van der Waals surface area contributed by atoms with Crippen LogP contribution in [0.25, 0.3) is 32.8 Å². The Bertz CT molecular complexity index is 1420. The number of H-pyrrole nitrogens is 1. The largest absolute Gasteiger partial charge is 0.361 e. The molecule has 5 rings (SSSR count). The molecule has 1 aliphatic heterocycles. The van der Waals surface area contributed by atoms with Crippen molar-refractivity contribution in [3.8, 4) is 0 Å². The van der Waals surface area contributed by atoms with Crippen molar-refractivity contribution >= 4 is 44.6 Å². The van der Waals surface area contributed by atoms with E-state index in [1.807, 2.05) is 61.5 Å². The molecule has 2 amide bonds. The maximum Gasteiger partial charge on any atom is 0.259 e.